The van der Waals surface area contributed by atoms with E-state index in [4.69, 9.17) is 0 Å². The van der Waals surface area contributed by atoms with Crippen LogP contribution in [0.4, 0.5) is 4.79 Å². The van der Waals surface area contributed by atoms with Crippen LogP contribution in [0.2, 0.25) is 0 Å². The molecule has 1 N–H and O–H groups in total. The first-order valence-electron chi connectivity index (χ1n) is 3.28. The summed E-state index contributed by atoms with van der Waals surface area (Å²) in [7, 11) is 1.58. The molecule has 1 heterocycles. The third-order valence-corrected chi connectivity index (χ3v) is 1.49. The van der Waals surface area contributed by atoms with Crippen LogP contribution in [0.5, 0.6) is 0 Å². The van der Waals surface area contributed by atoms with Crippen LogP contribution in [0.3, 0.4) is 0 Å². The lowest BCUT2D eigenvalue weighted by Crippen LogP contribution is -2.43. The molecule has 1 atom stereocenters. The molecule has 2 amide bonds. The van der Waals surface area contributed by atoms with E-state index >= 15 is 0 Å². The Morgan fingerprint density at radius 2 is 2.45 bits per heavy atom. The van der Waals surface area contributed by atoms with Crippen LogP contribution in [0.1, 0.15) is 6.92 Å². The van der Waals surface area contributed by atoms with E-state index in [0.29, 0.717) is 0 Å². The lowest BCUT2D eigenvalue weighted by Gasteiger charge is -2.15. The molecule has 1 unspecified atom stereocenters. The second kappa shape index (κ2) is 2.77. The van der Waals surface area contributed by atoms with Crippen LogP contribution in [0.15, 0.2) is 0 Å². The maximum absolute atomic E-state index is 10.7. The lowest BCUT2D eigenvalue weighted by atomic mass is 10.5. The highest BCUT2D eigenvalue weighted by Crippen LogP contribution is 2.05. The minimum absolute atomic E-state index is 0.167. The van der Waals surface area contributed by atoms with Gasteiger partial charge in [-0.3, -0.25) is 9.69 Å². The van der Waals surface area contributed by atoms with Gasteiger partial charge in [0, 0.05) is 14.0 Å². The first kappa shape index (κ1) is 7.84. The van der Waals surface area contributed by atoms with Crippen molar-refractivity contribution < 1.29 is 14.3 Å². The molecule has 1 saturated heterocycles. The van der Waals surface area contributed by atoms with Crippen molar-refractivity contribution in [1.29, 1.82) is 0 Å². The van der Waals surface area contributed by atoms with Crippen molar-refractivity contribution in [2.75, 3.05) is 13.7 Å². The largest absolute Gasteiger partial charge is 0.445 e. The van der Waals surface area contributed by atoms with Gasteiger partial charge in [-0.1, -0.05) is 0 Å². The molecule has 1 fully saturated rings. The SMILES string of the molecule is CC(=O)NC1COC(=O)N1C. The van der Waals surface area contributed by atoms with Gasteiger partial charge in [0.1, 0.15) is 12.8 Å². The molecule has 0 aliphatic carbocycles. The fraction of sp³-hybridized carbons (Fsp3) is 0.667. The van der Waals surface area contributed by atoms with Crippen LogP contribution in [-0.2, 0) is 9.53 Å². The van der Waals surface area contributed by atoms with Crippen LogP contribution in [-0.4, -0.2) is 36.7 Å². The topological polar surface area (TPSA) is 58.6 Å². The van der Waals surface area contributed by atoms with E-state index in [1.54, 1.807) is 7.05 Å². The van der Waals surface area contributed by atoms with Gasteiger partial charge in [-0.2, -0.15) is 0 Å². The molecule has 5 nitrogen and oxygen atoms in total. The quantitative estimate of drug-likeness (QED) is 0.561. The summed E-state index contributed by atoms with van der Waals surface area (Å²) in [5.74, 6) is -0.167. The first-order chi connectivity index (χ1) is 5.11. The highest BCUT2D eigenvalue weighted by atomic mass is 16.6. The Morgan fingerprint density at radius 3 is 2.82 bits per heavy atom. The molecule has 62 valence electrons. The van der Waals surface area contributed by atoms with Crippen LogP contribution >= 0.6 is 0 Å². The number of hydrogen-bond donors (Lipinski definition) is 1. The van der Waals surface area contributed by atoms with Gasteiger partial charge >= 0.3 is 6.09 Å². The van der Waals surface area contributed by atoms with Gasteiger partial charge in [-0.15, -0.1) is 0 Å². The van der Waals surface area contributed by atoms with E-state index < -0.39 is 6.09 Å². The Labute approximate surface area is 64.3 Å². The Kier molecular flexibility index (Phi) is 1.98. The molecular formula is C6H10N2O3. The summed E-state index contributed by atoms with van der Waals surface area (Å²) in [5.41, 5.74) is 0. The number of nitrogens with one attached hydrogen (secondary N) is 1. The molecule has 11 heavy (non-hydrogen) atoms. The zero-order valence-electron chi connectivity index (χ0n) is 6.46. The monoisotopic (exact) mass is 158 g/mol. The number of likely N-dealkylation sites (N-methyl/N-ethyl adjacent to an activating group) is 1. The molecule has 0 saturated carbocycles. The number of nitrogens with zero attached hydrogens (tertiary/aromatic N) is 1. The lowest BCUT2D eigenvalue weighted by molar-refractivity contribution is -0.120. The van der Waals surface area contributed by atoms with E-state index in [0.717, 1.165) is 0 Å². The molecule has 0 aromatic rings. The summed E-state index contributed by atoms with van der Waals surface area (Å²) < 4.78 is 4.65. The van der Waals surface area contributed by atoms with Crippen molar-refractivity contribution in [2.45, 2.75) is 13.1 Å². The van der Waals surface area contributed by atoms with E-state index in [9.17, 15) is 9.59 Å². The minimum Gasteiger partial charge on any atom is -0.445 e. The number of carbonyl (C=O) groups is 2. The number of carbonyl (C=O) groups excluding carboxylic acids is 2. The van der Waals surface area contributed by atoms with Crippen LogP contribution < -0.4 is 5.32 Å². The molecule has 1 aliphatic rings. The van der Waals surface area contributed by atoms with E-state index in [1.165, 1.54) is 11.8 Å². The average molecular weight is 158 g/mol. The zero-order chi connectivity index (χ0) is 8.43. The van der Waals surface area contributed by atoms with Crippen LogP contribution in [0.25, 0.3) is 0 Å². The highest BCUT2D eigenvalue weighted by Gasteiger charge is 2.29. The van der Waals surface area contributed by atoms with Gasteiger partial charge in [-0.25, -0.2) is 4.79 Å². The van der Waals surface area contributed by atoms with E-state index in [2.05, 4.69) is 10.1 Å². The Morgan fingerprint density at radius 1 is 1.82 bits per heavy atom. The number of ether oxygens (including phenoxy) is 1. The van der Waals surface area contributed by atoms with E-state index in [-0.39, 0.29) is 18.7 Å². The summed E-state index contributed by atoms with van der Waals surface area (Å²) in [5, 5.41) is 2.56. The van der Waals surface area contributed by atoms with Gasteiger partial charge in [0.25, 0.3) is 0 Å². The zero-order valence-corrected chi connectivity index (χ0v) is 6.46. The molecule has 1 rings (SSSR count). The summed E-state index contributed by atoms with van der Waals surface area (Å²) in [6.07, 6.45) is -0.705. The predicted octanol–water partition coefficient (Wildman–Crippen LogP) is -0.469. The molecular weight excluding hydrogens is 148 g/mol. The third-order valence-electron chi connectivity index (χ3n) is 1.49. The number of rotatable bonds is 1. The van der Waals surface area contributed by atoms with Gasteiger partial charge in [-0.05, 0) is 0 Å². The summed E-state index contributed by atoms with van der Waals surface area (Å²) in [4.78, 5) is 22.6. The maximum Gasteiger partial charge on any atom is 0.411 e. The summed E-state index contributed by atoms with van der Waals surface area (Å²) >= 11 is 0. The Bertz CT molecular complexity index is 192. The van der Waals surface area contributed by atoms with Crippen molar-refractivity contribution in [3.63, 3.8) is 0 Å². The molecule has 5 heteroatoms. The smallest absolute Gasteiger partial charge is 0.411 e. The number of amides is 2. The third kappa shape index (κ3) is 1.60. The molecule has 0 radical (unpaired) electrons. The molecule has 0 aromatic carbocycles. The van der Waals surface area contributed by atoms with Gasteiger partial charge in [0.15, 0.2) is 0 Å². The first-order valence-corrected chi connectivity index (χ1v) is 3.28. The minimum atomic E-state index is -0.399. The van der Waals surface area contributed by atoms with Crippen molar-refractivity contribution >= 4 is 12.0 Å². The fourth-order valence-electron chi connectivity index (χ4n) is 0.864. The second-order valence-electron chi connectivity index (χ2n) is 2.40. The van der Waals surface area contributed by atoms with Gasteiger partial charge < -0.3 is 10.1 Å². The fourth-order valence-corrected chi connectivity index (χ4v) is 0.864. The average Bonchev–Trinajstić information content (AvgIpc) is 2.18. The second-order valence-corrected chi connectivity index (χ2v) is 2.40. The predicted molar refractivity (Wildman–Crippen MR) is 36.7 cm³/mol. The Balaban J connectivity index is 2.48. The van der Waals surface area contributed by atoms with Crippen molar-refractivity contribution in [3.05, 3.63) is 0 Å². The summed E-state index contributed by atoms with van der Waals surface area (Å²) in [6, 6.07) is 0. The maximum atomic E-state index is 10.7. The number of cyclic esters (lactones) is 1. The molecule has 0 aromatic heterocycles. The highest BCUT2D eigenvalue weighted by molar-refractivity contribution is 5.75. The van der Waals surface area contributed by atoms with Crippen molar-refractivity contribution in [1.82, 2.24) is 10.2 Å². The van der Waals surface area contributed by atoms with Crippen molar-refractivity contribution in [2.24, 2.45) is 0 Å². The normalized spacial score (nSPS) is 23.3. The molecule has 1 aliphatic heterocycles. The van der Waals surface area contributed by atoms with Gasteiger partial charge in [0.05, 0.1) is 0 Å². The Hall–Kier alpha value is -1.26. The molecule has 0 bridgehead atoms. The number of hydrogen-bond acceptors (Lipinski definition) is 3. The molecule has 0 spiro atoms. The summed E-state index contributed by atoms with van der Waals surface area (Å²) in [6.45, 7) is 1.63. The van der Waals surface area contributed by atoms with Gasteiger partial charge in [0.2, 0.25) is 5.91 Å². The van der Waals surface area contributed by atoms with Crippen molar-refractivity contribution in [3.8, 4) is 0 Å². The standard InChI is InChI=1S/C6H10N2O3/c1-4(9)7-5-3-11-6(10)8(5)2/h5H,3H2,1-2H3,(H,7,9). The van der Waals surface area contributed by atoms with Crippen LogP contribution in [0, 0.1) is 0 Å². The van der Waals surface area contributed by atoms with E-state index in [1.807, 2.05) is 0 Å².